The molecule has 164 valence electrons. The molecule has 0 bridgehead atoms. The lowest BCUT2D eigenvalue weighted by molar-refractivity contribution is -0.136. The predicted octanol–water partition coefficient (Wildman–Crippen LogP) is 3.81. The monoisotopic (exact) mass is 435 g/mol. The van der Waals surface area contributed by atoms with Gasteiger partial charge in [-0.3, -0.25) is 9.59 Å². The average molecular weight is 435 g/mol. The number of halogens is 1. The molecule has 0 aliphatic carbocycles. The Morgan fingerprint density at radius 3 is 2.47 bits per heavy atom. The number of amides is 2. The van der Waals surface area contributed by atoms with E-state index in [2.05, 4.69) is 15.8 Å². The number of carbonyl (C=O) groups excluding carboxylic acids is 2. The van der Waals surface area contributed by atoms with Crippen LogP contribution in [0.15, 0.2) is 71.8 Å². The molecule has 3 aromatic rings. The number of nitrogens with one attached hydrogen (secondary N) is 2. The molecule has 0 saturated heterocycles. The molecule has 3 aromatic carbocycles. The molecule has 0 fully saturated rings. The van der Waals surface area contributed by atoms with Crippen molar-refractivity contribution in [1.29, 1.82) is 0 Å². The average Bonchev–Trinajstić information content (AvgIpc) is 2.80. The number of benzene rings is 3. The number of methoxy groups -OCH3 is 1. The molecule has 32 heavy (non-hydrogen) atoms. The van der Waals surface area contributed by atoms with Crippen LogP contribution >= 0.6 is 0 Å². The van der Waals surface area contributed by atoms with Gasteiger partial charge in [-0.25, -0.2) is 9.82 Å². The van der Waals surface area contributed by atoms with Crippen molar-refractivity contribution in [1.82, 2.24) is 5.43 Å². The molecule has 0 aliphatic rings. The summed E-state index contributed by atoms with van der Waals surface area (Å²) in [5.74, 6) is -1.07. The highest BCUT2D eigenvalue weighted by Crippen LogP contribution is 2.28. The van der Waals surface area contributed by atoms with Crippen LogP contribution in [-0.2, 0) is 16.2 Å². The van der Waals surface area contributed by atoms with E-state index in [0.717, 1.165) is 11.1 Å². The van der Waals surface area contributed by atoms with Gasteiger partial charge in [-0.1, -0.05) is 30.3 Å². The zero-order valence-corrected chi connectivity index (χ0v) is 17.6. The minimum Gasteiger partial charge on any atom is -0.493 e. The van der Waals surface area contributed by atoms with Crippen molar-refractivity contribution in [3.05, 3.63) is 89.2 Å². The minimum atomic E-state index is -0.893. The van der Waals surface area contributed by atoms with Gasteiger partial charge in [0.05, 0.1) is 13.3 Å². The number of para-hydroxylation sites is 1. The number of nitrogens with zero attached hydrogens (tertiary/aromatic N) is 1. The van der Waals surface area contributed by atoms with E-state index in [1.54, 1.807) is 42.5 Å². The van der Waals surface area contributed by atoms with Crippen molar-refractivity contribution < 1.29 is 23.5 Å². The van der Waals surface area contributed by atoms with Crippen LogP contribution in [0.5, 0.6) is 11.5 Å². The molecule has 0 aliphatic heterocycles. The van der Waals surface area contributed by atoms with Crippen LogP contribution in [0, 0.1) is 12.7 Å². The van der Waals surface area contributed by atoms with Gasteiger partial charge in [0.2, 0.25) is 0 Å². The number of hydrogen-bond acceptors (Lipinski definition) is 5. The van der Waals surface area contributed by atoms with Crippen LogP contribution < -0.4 is 20.2 Å². The molecule has 0 spiro atoms. The van der Waals surface area contributed by atoms with Gasteiger partial charge in [0.15, 0.2) is 11.5 Å². The van der Waals surface area contributed by atoms with Gasteiger partial charge in [0.1, 0.15) is 12.4 Å². The lowest BCUT2D eigenvalue weighted by atomic mass is 10.2. The van der Waals surface area contributed by atoms with Gasteiger partial charge < -0.3 is 14.8 Å². The Hall–Kier alpha value is -4.20. The fourth-order valence-electron chi connectivity index (χ4n) is 2.73. The first-order valence-electron chi connectivity index (χ1n) is 9.71. The maximum atomic E-state index is 13.0. The van der Waals surface area contributed by atoms with Crippen molar-refractivity contribution in [3.8, 4) is 11.5 Å². The lowest BCUT2D eigenvalue weighted by Gasteiger charge is -2.11. The number of rotatable bonds is 7. The molecule has 0 aromatic heterocycles. The summed E-state index contributed by atoms with van der Waals surface area (Å²) in [5, 5.41) is 6.35. The highest BCUT2D eigenvalue weighted by atomic mass is 19.1. The van der Waals surface area contributed by atoms with E-state index in [0.29, 0.717) is 22.7 Å². The number of hydrazone groups is 1. The number of carbonyl (C=O) groups is 2. The van der Waals surface area contributed by atoms with Gasteiger partial charge in [-0.2, -0.15) is 5.10 Å². The van der Waals surface area contributed by atoms with Crippen molar-refractivity contribution in [2.24, 2.45) is 5.10 Å². The standard InChI is InChI=1S/C24H22FN3O4/c1-16-5-3-4-6-20(16)27-23(29)24(30)28-26-14-18-9-12-21(22(13-18)31-2)32-15-17-7-10-19(25)11-8-17/h3-14H,15H2,1-2H3,(H,27,29)(H,28,30)/b26-14-. The Kier molecular flexibility index (Phi) is 7.53. The molecule has 0 unspecified atom stereocenters. The fourth-order valence-corrected chi connectivity index (χ4v) is 2.73. The molecule has 0 radical (unpaired) electrons. The van der Waals surface area contributed by atoms with Crippen LogP contribution in [0.4, 0.5) is 10.1 Å². The molecule has 3 rings (SSSR count). The highest BCUT2D eigenvalue weighted by molar-refractivity contribution is 6.39. The molecular weight excluding hydrogens is 413 g/mol. The van der Waals surface area contributed by atoms with Gasteiger partial charge >= 0.3 is 11.8 Å². The maximum absolute atomic E-state index is 13.0. The zero-order valence-electron chi connectivity index (χ0n) is 17.6. The van der Waals surface area contributed by atoms with Crippen molar-refractivity contribution in [3.63, 3.8) is 0 Å². The van der Waals surface area contributed by atoms with Crippen molar-refractivity contribution in [2.45, 2.75) is 13.5 Å². The number of aryl methyl sites for hydroxylation is 1. The van der Waals surface area contributed by atoms with E-state index >= 15 is 0 Å². The van der Waals surface area contributed by atoms with Gasteiger partial charge in [-0.05, 0) is 60.0 Å². The third-order valence-corrected chi connectivity index (χ3v) is 4.47. The van der Waals surface area contributed by atoms with Gasteiger partial charge in [-0.15, -0.1) is 0 Å². The normalized spacial score (nSPS) is 10.6. The second-order valence-corrected chi connectivity index (χ2v) is 6.79. The maximum Gasteiger partial charge on any atom is 0.329 e. The van der Waals surface area contributed by atoms with E-state index in [-0.39, 0.29) is 12.4 Å². The molecule has 2 N–H and O–H groups in total. The summed E-state index contributed by atoms with van der Waals surface area (Å²) in [6.45, 7) is 2.07. The van der Waals surface area contributed by atoms with Gasteiger partial charge in [0.25, 0.3) is 0 Å². The van der Waals surface area contributed by atoms with Crippen molar-refractivity contribution in [2.75, 3.05) is 12.4 Å². The van der Waals surface area contributed by atoms with E-state index in [9.17, 15) is 14.0 Å². The van der Waals surface area contributed by atoms with Crippen LogP contribution in [0.2, 0.25) is 0 Å². The van der Waals surface area contributed by atoms with Crippen LogP contribution in [0.1, 0.15) is 16.7 Å². The number of hydrogen-bond donors (Lipinski definition) is 2. The second kappa shape index (κ2) is 10.7. The van der Waals surface area contributed by atoms with E-state index in [4.69, 9.17) is 9.47 Å². The predicted molar refractivity (Wildman–Crippen MR) is 119 cm³/mol. The summed E-state index contributed by atoms with van der Waals surface area (Å²) >= 11 is 0. The molecule has 2 amide bonds. The molecule has 0 heterocycles. The summed E-state index contributed by atoms with van der Waals surface area (Å²) in [5.41, 5.74) is 5.01. The van der Waals surface area contributed by atoms with E-state index < -0.39 is 11.8 Å². The zero-order chi connectivity index (χ0) is 22.9. The summed E-state index contributed by atoms with van der Waals surface area (Å²) in [4.78, 5) is 24.0. The van der Waals surface area contributed by atoms with Crippen molar-refractivity contribution >= 4 is 23.7 Å². The first kappa shape index (κ1) is 22.5. The first-order valence-corrected chi connectivity index (χ1v) is 9.71. The van der Waals surface area contributed by atoms with Crippen LogP contribution in [0.25, 0.3) is 0 Å². The quantitative estimate of drug-likeness (QED) is 0.336. The minimum absolute atomic E-state index is 0.246. The van der Waals surface area contributed by atoms with Crippen LogP contribution in [-0.4, -0.2) is 25.1 Å². The molecular formula is C24H22FN3O4. The Bertz CT molecular complexity index is 1130. The highest BCUT2D eigenvalue weighted by Gasteiger charge is 2.13. The third kappa shape index (κ3) is 6.15. The second-order valence-electron chi connectivity index (χ2n) is 6.79. The summed E-state index contributed by atoms with van der Waals surface area (Å²) in [6, 6.07) is 18.2. The Balaban J connectivity index is 1.57. The Morgan fingerprint density at radius 1 is 1.00 bits per heavy atom. The lowest BCUT2D eigenvalue weighted by Crippen LogP contribution is -2.32. The largest absolute Gasteiger partial charge is 0.493 e. The van der Waals surface area contributed by atoms with E-state index in [1.807, 2.05) is 19.1 Å². The SMILES string of the molecule is COc1cc(/C=N\NC(=O)C(=O)Nc2ccccc2C)ccc1OCc1ccc(F)cc1. The Labute approximate surface area is 184 Å². The third-order valence-electron chi connectivity index (χ3n) is 4.47. The smallest absolute Gasteiger partial charge is 0.329 e. The summed E-state index contributed by atoms with van der Waals surface area (Å²) < 4.78 is 24.1. The topological polar surface area (TPSA) is 89.0 Å². The van der Waals surface area contributed by atoms with Gasteiger partial charge in [0, 0.05) is 5.69 Å². The number of ether oxygens (including phenoxy) is 2. The number of anilines is 1. The fraction of sp³-hybridized carbons (Fsp3) is 0.125. The van der Waals surface area contributed by atoms with Crippen LogP contribution in [0.3, 0.4) is 0 Å². The summed E-state index contributed by atoms with van der Waals surface area (Å²) in [7, 11) is 1.50. The molecule has 0 saturated carbocycles. The molecule has 8 heteroatoms. The Morgan fingerprint density at radius 2 is 1.75 bits per heavy atom. The summed E-state index contributed by atoms with van der Waals surface area (Å²) in [6.07, 6.45) is 1.38. The van der Waals surface area contributed by atoms with E-state index in [1.165, 1.54) is 25.5 Å². The molecule has 0 atom stereocenters. The molecule has 7 nitrogen and oxygen atoms in total. The first-order chi connectivity index (χ1) is 15.5.